The van der Waals surface area contributed by atoms with Gasteiger partial charge < -0.3 is 0 Å². The zero-order valence-electron chi connectivity index (χ0n) is 18.5. The largest absolute Gasteiger partial charge is 0.300 e. The van der Waals surface area contributed by atoms with Gasteiger partial charge in [0.05, 0.1) is 0 Å². The summed E-state index contributed by atoms with van der Waals surface area (Å²) in [6.07, 6.45) is 10.2. The van der Waals surface area contributed by atoms with Crippen LogP contribution < -0.4 is 0 Å². The van der Waals surface area contributed by atoms with E-state index in [1.165, 1.54) is 32.1 Å². The van der Waals surface area contributed by atoms with Gasteiger partial charge in [0.25, 0.3) is 0 Å². The van der Waals surface area contributed by atoms with Crippen molar-refractivity contribution >= 4 is 5.78 Å². The van der Waals surface area contributed by atoms with Crippen LogP contribution in [0.4, 0.5) is 0 Å². The first-order chi connectivity index (χ1) is 11.2. The van der Waals surface area contributed by atoms with Gasteiger partial charge in [0.15, 0.2) is 5.78 Å². The summed E-state index contributed by atoms with van der Waals surface area (Å²) in [5.74, 6) is 1.92. The van der Waals surface area contributed by atoms with Gasteiger partial charge in [-0.25, -0.2) is 0 Å². The number of hydrogen-bond donors (Lipinski definition) is 0. The Morgan fingerprint density at radius 2 is 1.54 bits per heavy atom. The zero-order valence-corrected chi connectivity index (χ0v) is 18.5. The number of hydrogen-bond acceptors (Lipinski definition) is 2. The Bertz CT molecular complexity index is 278. The maximum absolute atomic E-state index is 10.5. The first-order valence-corrected chi connectivity index (χ1v) is 10.1. The van der Waals surface area contributed by atoms with E-state index in [2.05, 4.69) is 53.5 Å². The van der Waals surface area contributed by atoms with Gasteiger partial charge >= 0.3 is 0 Å². The van der Waals surface area contributed by atoms with Crippen molar-refractivity contribution in [2.24, 2.45) is 11.8 Å². The van der Waals surface area contributed by atoms with Crippen molar-refractivity contribution in [2.75, 3.05) is 13.6 Å². The lowest BCUT2D eigenvalue weighted by Gasteiger charge is -2.11. The molecule has 0 N–H and O–H groups in total. The van der Waals surface area contributed by atoms with Crippen LogP contribution in [0.15, 0.2) is 12.2 Å². The maximum Gasteiger partial charge on any atom is 0.152 e. The molecule has 2 nitrogen and oxygen atoms in total. The van der Waals surface area contributed by atoms with Gasteiger partial charge in [-0.3, -0.25) is 9.69 Å². The van der Waals surface area contributed by atoms with E-state index in [1.807, 2.05) is 19.9 Å². The van der Waals surface area contributed by atoms with Crippen LogP contribution in [0.2, 0.25) is 0 Å². The molecule has 2 heteroatoms. The number of allylic oxidation sites excluding steroid dienone is 1. The smallest absolute Gasteiger partial charge is 0.152 e. The molecule has 0 atom stereocenters. The summed E-state index contributed by atoms with van der Waals surface area (Å²) in [5, 5.41) is 0. The van der Waals surface area contributed by atoms with Crippen molar-refractivity contribution in [3.63, 3.8) is 0 Å². The summed E-state index contributed by atoms with van der Waals surface area (Å²) < 4.78 is 0. The van der Waals surface area contributed by atoms with E-state index in [9.17, 15) is 4.79 Å². The maximum atomic E-state index is 10.5. The van der Waals surface area contributed by atoms with Gasteiger partial charge in [-0.15, -0.1) is 0 Å². The molecule has 0 aromatic rings. The fraction of sp³-hybridized carbons (Fsp3) is 0.864. The third-order valence-corrected chi connectivity index (χ3v) is 3.60. The van der Waals surface area contributed by atoms with Crippen molar-refractivity contribution in [3.05, 3.63) is 12.2 Å². The standard InChI is InChI=1S/C9H15NO.C6H14.C5H12.C2H6/c1-8(11)4-3-7-10(2)9-5-6-9;1-4-5-6(2)3;1-4-5(2)3;1-2/h3-4,9H,5-7H2,1-2H3;6H,4-5H2,1-3H3;5H,4H2,1-3H3;1-2H3/b4-3+;;;. The molecule has 1 fully saturated rings. The highest BCUT2D eigenvalue weighted by Crippen LogP contribution is 2.24. The second-order valence-electron chi connectivity index (χ2n) is 7.17. The van der Waals surface area contributed by atoms with Crippen molar-refractivity contribution in [2.45, 2.75) is 100 Å². The van der Waals surface area contributed by atoms with Crippen molar-refractivity contribution in [3.8, 4) is 0 Å². The normalized spacial score (nSPS) is 13.0. The van der Waals surface area contributed by atoms with Gasteiger partial charge in [-0.05, 0) is 44.7 Å². The number of ketones is 1. The number of carbonyl (C=O) groups excluding carboxylic acids is 1. The molecule has 0 unspecified atom stereocenters. The van der Waals surface area contributed by atoms with E-state index < -0.39 is 0 Å². The quantitative estimate of drug-likeness (QED) is 0.477. The Kier molecular flexibility index (Phi) is 24.0. The van der Waals surface area contributed by atoms with Gasteiger partial charge in [-0.1, -0.05) is 80.7 Å². The van der Waals surface area contributed by atoms with Crippen molar-refractivity contribution in [1.29, 1.82) is 0 Å². The second kappa shape index (κ2) is 20.4. The SMILES string of the molecule is CC.CC(=O)/C=C/CN(C)C1CC1.CCC(C)C.CCCC(C)C. The van der Waals surface area contributed by atoms with Crippen LogP contribution in [0.5, 0.6) is 0 Å². The minimum Gasteiger partial charge on any atom is -0.300 e. The summed E-state index contributed by atoms with van der Waals surface area (Å²) in [6.45, 7) is 19.9. The fourth-order valence-corrected chi connectivity index (χ4v) is 1.63. The van der Waals surface area contributed by atoms with Crippen LogP contribution in [0.1, 0.15) is 94.4 Å². The Morgan fingerprint density at radius 3 is 1.75 bits per heavy atom. The summed E-state index contributed by atoms with van der Waals surface area (Å²) in [5.41, 5.74) is 0. The summed E-state index contributed by atoms with van der Waals surface area (Å²) in [6, 6.07) is 0.784. The molecular weight excluding hydrogens is 294 g/mol. The molecular formula is C22H47NO. The highest BCUT2D eigenvalue weighted by atomic mass is 16.1. The molecule has 24 heavy (non-hydrogen) atoms. The molecule has 0 aromatic carbocycles. The van der Waals surface area contributed by atoms with Crippen LogP contribution in [-0.4, -0.2) is 30.3 Å². The van der Waals surface area contributed by atoms with E-state index in [0.29, 0.717) is 0 Å². The Labute approximate surface area is 154 Å². The Hall–Kier alpha value is -0.630. The average Bonchev–Trinajstić information content (AvgIpc) is 3.34. The average molecular weight is 342 g/mol. The molecule has 1 saturated carbocycles. The number of carbonyl (C=O) groups is 1. The predicted molar refractivity (Wildman–Crippen MR) is 112 cm³/mol. The van der Waals surface area contributed by atoms with Crippen molar-refractivity contribution in [1.82, 2.24) is 4.90 Å². The van der Waals surface area contributed by atoms with Crippen LogP contribution in [0.25, 0.3) is 0 Å². The lowest BCUT2D eigenvalue weighted by atomic mass is 10.1. The first-order valence-electron chi connectivity index (χ1n) is 10.1. The highest BCUT2D eigenvalue weighted by molar-refractivity contribution is 5.87. The molecule has 0 saturated heterocycles. The van der Waals surface area contributed by atoms with E-state index in [4.69, 9.17) is 0 Å². The van der Waals surface area contributed by atoms with Crippen molar-refractivity contribution < 1.29 is 4.79 Å². The molecule has 0 aliphatic heterocycles. The lowest BCUT2D eigenvalue weighted by Crippen LogP contribution is -2.20. The highest BCUT2D eigenvalue weighted by Gasteiger charge is 2.24. The second-order valence-corrected chi connectivity index (χ2v) is 7.17. The van der Waals surface area contributed by atoms with Crippen LogP contribution >= 0.6 is 0 Å². The molecule has 1 aliphatic rings. The monoisotopic (exact) mass is 341 g/mol. The zero-order chi connectivity index (χ0) is 19.5. The molecule has 0 aromatic heterocycles. The molecule has 146 valence electrons. The molecule has 0 radical (unpaired) electrons. The van der Waals surface area contributed by atoms with E-state index in [-0.39, 0.29) is 5.78 Å². The Morgan fingerprint density at radius 1 is 1.08 bits per heavy atom. The summed E-state index contributed by atoms with van der Waals surface area (Å²) >= 11 is 0. The first kappa shape index (κ1) is 28.2. The van der Waals surface area contributed by atoms with Crippen LogP contribution in [-0.2, 0) is 4.79 Å². The van der Waals surface area contributed by atoms with Crippen LogP contribution in [0.3, 0.4) is 0 Å². The minimum absolute atomic E-state index is 0.134. The summed E-state index contributed by atoms with van der Waals surface area (Å²) in [4.78, 5) is 12.8. The number of nitrogens with zero attached hydrogens (tertiary/aromatic N) is 1. The van der Waals surface area contributed by atoms with Gasteiger partial charge in [0.1, 0.15) is 0 Å². The summed E-state index contributed by atoms with van der Waals surface area (Å²) in [7, 11) is 2.10. The molecule has 0 spiro atoms. The Balaban J connectivity index is -0.000000290. The fourth-order valence-electron chi connectivity index (χ4n) is 1.63. The molecule has 1 aliphatic carbocycles. The van der Waals surface area contributed by atoms with E-state index in [0.717, 1.165) is 24.4 Å². The van der Waals surface area contributed by atoms with Gasteiger partial charge in [0, 0.05) is 12.6 Å². The molecule has 1 rings (SSSR count). The number of likely N-dealkylation sites (N-methyl/N-ethyl adjacent to an activating group) is 1. The third-order valence-electron chi connectivity index (χ3n) is 3.60. The van der Waals surface area contributed by atoms with Gasteiger partial charge in [-0.2, -0.15) is 0 Å². The van der Waals surface area contributed by atoms with E-state index >= 15 is 0 Å². The topological polar surface area (TPSA) is 20.3 Å². The number of rotatable bonds is 7. The predicted octanol–water partition coefficient (Wildman–Crippen LogP) is 6.75. The minimum atomic E-state index is 0.134. The van der Waals surface area contributed by atoms with Crippen LogP contribution in [0, 0.1) is 11.8 Å². The lowest BCUT2D eigenvalue weighted by molar-refractivity contribution is -0.112. The molecule has 0 heterocycles. The van der Waals surface area contributed by atoms with E-state index in [1.54, 1.807) is 13.0 Å². The molecule has 0 bridgehead atoms. The molecule has 0 amide bonds. The third kappa shape index (κ3) is 29.4. The van der Waals surface area contributed by atoms with Gasteiger partial charge in [0.2, 0.25) is 0 Å².